The summed E-state index contributed by atoms with van der Waals surface area (Å²) < 4.78 is 5.92. The molecule has 0 unspecified atom stereocenters. The topological polar surface area (TPSA) is 63.6 Å². The highest BCUT2D eigenvalue weighted by Crippen LogP contribution is 2.53. The van der Waals surface area contributed by atoms with Crippen LogP contribution in [0.15, 0.2) is 12.2 Å². The van der Waals surface area contributed by atoms with Gasteiger partial charge in [0.1, 0.15) is 0 Å². The van der Waals surface area contributed by atoms with Crippen LogP contribution >= 0.6 is 0 Å². The van der Waals surface area contributed by atoms with Crippen molar-refractivity contribution in [2.24, 2.45) is 0 Å². The summed E-state index contributed by atoms with van der Waals surface area (Å²) in [6.07, 6.45) is 2.77. The van der Waals surface area contributed by atoms with Crippen LogP contribution < -0.4 is 0 Å². The van der Waals surface area contributed by atoms with Crippen molar-refractivity contribution in [2.75, 3.05) is 0 Å². The highest BCUT2D eigenvalue weighted by Gasteiger charge is 2.55. The number of carbonyl (C=O) groups excluding carboxylic acids is 1. The normalized spacial score (nSPS) is 13.2. The first kappa shape index (κ1) is 18.9. The van der Waals surface area contributed by atoms with E-state index in [-0.39, 0.29) is 16.1 Å². The lowest BCUT2D eigenvalue weighted by molar-refractivity contribution is -0.133. The fraction of sp³-hybridized carbons (Fsp3) is 0.733. The second-order valence-corrected chi connectivity index (χ2v) is 11.9. The minimum atomic E-state index is -2.41. The van der Waals surface area contributed by atoms with E-state index < -0.39 is 20.3 Å². The molecule has 0 rings (SSSR count). The summed E-state index contributed by atoms with van der Waals surface area (Å²) in [5.74, 6) is -1.68. The molecule has 0 radical (unpaired) electrons. The minimum absolute atomic E-state index is 0.0674. The summed E-state index contributed by atoms with van der Waals surface area (Å²) in [5, 5.41) is 8.53. The van der Waals surface area contributed by atoms with E-state index in [9.17, 15) is 9.59 Å². The molecule has 5 heteroatoms. The van der Waals surface area contributed by atoms with E-state index in [1.165, 1.54) is 0 Å². The number of hydrogen-bond acceptors (Lipinski definition) is 3. The number of hydrogen-bond donors (Lipinski definition) is 1. The second-order valence-electron chi connectivity index (χ2n) is 6.43. The van der Waals surface area contributed by atoms with Gasteiger partial charge in [-0.05, 0) is 16.1 Å². The second kappa shape index (κ2) is 7.06. The van der Waals surface area contributed by atoms with Crippen LogP contribution in [0.3, 0.4) is 0 Å². The van der Waals surface area contributed by atoms with E-state index in [0.29, 0.717) is 0 Å². The van der Waals surface area contributed by atoms with Crippen LogP contribution in [0.2, 0.25) is 16.1 Å². The van der Waals surface area contributed by atoms with E-state index in [0.717, 1.165) is 18.6 Å². The summed E-state index contributed by atoms with van der Waals surface area (Å²) in [4.78, 5) is 22.5. The Morgan fingerprint density at radius 2 is 1.60 bits per heavy atom. The van der Waals surface area contributed by atoms with Gasteiger partial charge in [-0.25, -0.2) is 9.59 Å². The summed E-state index contributed by atoms with van der Waals surface area (Å²) >= 11 is 0. The average molecular weight is 300 g/mol. The zero-order valence-electron chi connectivity index (χ0n) is 13.7. The van der Waals surface area contributed by atoms with Crippen molar-refractivity contribution in [3.8, 4) is 0 Å². The third-order valence-electron chi connectivity index (χ3n) is 4.29. The number of rotatable bonds is 7. The van der Waals surface area contributed by atoms with Gasteiger partial charge in [-0.15, -0.1) is 0 Å². The Bertz CT molecular complexity index is 375. The van der Waals surface area contributed by atoms with Crippen molar-refractivity contribution in [1.29, 1.82) is 0 Å². The Morgan fingerprint density at radius 1 is 1.15 bits per heavy atom. The molecule has 0 aliphatic rings. The van der Waals surface area contributed by atoms with E-state index in [1.54, 1.807) is 0 Å². The van der Waals surface area contributed by atoms with Gasteiger partial charge in [0.05, 0.1) is 0 Å². The lowest BCUT2D eigenvalue weighted by Crippen LogP contribution is -2.54. The van der Waals surface area contributed by atoms with Crippen LogP contribution in [0, 0.1) is 0 Å². The number of carboxylic acids is 1. The van der Waals surface area contributed by atoms with Gasteiger partial charge >= 0.3 is 11.9 Å². The van der Waals surface area contributed by atoms with Crippen LogP contribution in [0.25, 0.3) is 0 Å². The molecular formula is C15H28O4Si. The molecule has 0 saturated heterocycles. The van der Waals surface area contributed by atoms with Crippen molar-refractivity contribution in [3.63, 3.8) is 0 Å². The summed E-state index contributed by atoms with van der Waals surface area (Å²) in [6, 6.07) is 0. The molecular weight excluding hydrogens is 272 g/mol. The number of carbonyl (C=O) groups is 2. The Hall–Kier alpha value is -1.10. The highest BCUT2D eigenvalue weighted by atomic mass is 28.4. The lowest BCUT2D eigenvalue weighted by Gasteiger charge is -2.48. The maximum Gasteiger partial charge on any atom is 0.328 e. The Morgan fingerprint density at radius 3 is 1.90 bits per heavy atom. The minimum Gasteiger partial charge on any atom is -0.515 e. The molecule has 0 atom stereocenters. The zero-order chi connectivity index (χ0) is 16.1. The maximum absolute atomic E-state index is 12.0. The maximum atomic E-state index is 12.0. The predicted molar refractivity (Wildman–Crippen MR) is 83.1 cm³/mol. The van der Waals surface area contributed by atoms with Gasteiger partial charge in [0.2, 0.25) is 0 Å². The molecule has 0 aliphatic carbocycles. The van der Waals surface area contributed by atoms with Crippen molar-refractivity contribution >= 4 is 20.3 Å². The molecule has 0 aromatic carbocycles. The van der Waals surface area contributed by atoms with Gasteiger partial charge in [0, 0.05) is 12.2 Å². The first-order chi connectivity index (χ1) is 9.01. The van der Waals surface area contributed by atoms with Gasteiger partial charge in [-0.1, -0.05) is 54.9 Å². The van der Waals surface area contributed by atoms with Gasteiger partial charge in [0.25, 0.3) is 8.32 Å². The molecule has 0 bridgehead atoms. The standard InChI is InChI=1S/C15H28O4Si/c1-8-15(6,7)20(11(2)3,12(4)5)19-14(18)10-9-13(16)17/h9-12H,8H2,1-7H3,(H,16,17)/b10-9-. The molecule has 20 heavy (non-hydrogen) atoms. The first-order valence-corrected chi connectivity index (χ1v) is 9.21. The van der Waals surface area contributed by atoms with Crippen molar-refractivity contribution in [1.82, 2.24) is 0 Å². The Labute approximate surface area is 123 Å². The van der Waals surface area contributed by atoms with Crippen molar-refractivity contribution in [3.05, 3.63) is 12.2 Å². The fourth-order valence-electron chi connectivity index (χ4n) is 3.22. The summed E-state index contributed by atoms with van der Waals surface area (Å²) in [6.45, 7) is 14.8. The number of carboxylic acid groups (broad SMARTS) is 1. The Balaban J connectivity index is 5.55. The van der Waals surface area contributed by atoms with E-state index in [1.807, 2.05) is 0 Å². The molecule has 116 valence electrons. The molecule has 4 nitrogen and oxygen atoms in total. The smallest absolute Gasteiger partial charge is 0.328 e. The average Bonchev–Trinajstić information content (AvgIpc) is 2.32. The highest BCUT2D eigenvalue weighted by molar-refractivity contribution is 6.80. The van der Waals surface area contributed by atoms with E-state index in [2.05, 4.69) is 48.5 Å². The molecule has 0 aromatic rings. The van der Waals surface area contributed by atoms with Crippen molar-refractivity contribution < 1.29 is 19.1 Å². The van der Waals surface area contributed by atoms with Gasteiger partial charge in [-0.2, -0.15) is 0 Å². The summed E-state index contributed by atoms with van der Waals surface area (Å²) in [7, 11) is -2.41. The first-order valence-electron chi connectivity index (χ1n) is 7.15. The van der Waals surface area contributed by atoms with Gasteiger partial charge in [-0.3, -0.25) is 0 Å². The van der Waals surface area contributed by atoms with Crippen LogP contribution in [-0.4, -0.2) is 25.4 Å². The van der Waals surface area contributed by atoms with Crippen LogP contribution in [0.1, 0.15) is 54.9 Å². The SMILES string of the molecule is CCC(C)(C)[Si](OC(=O)/C=C\C(=O)O)(C(C)C)C(C)C. The molecule has 0 saturated carbocycles. The molecule has 1 N–H and O–H groups in total. The molecule has 0 fully saturated rings. The molecule has 0 heterocycles. The molecule has 0 amide bonds. The fourth-order valence-corrected chi connectivity index (χ4v) is 9.38. The number of aliphatic carboxylic acids is 1. The molecule has 0 aromatic heterocycles. The van der Waals surface area contributed by atoms with E-state index >= 15 is 0 Å². The van der Waals surface area contributed by atoms with Crippen LogP contribution in [-0.2, 0) is 14.0 Å². The lowest BCUT2D eigenvalue weighted by atomic mass is 10.1. The monoisotopic (exact) mass is 300 g/mol. The quantitative estimate of drug-likeness (QED) is 0.567. The predicted octanol–water partition coefficient (Wildman–Crippen LogP) is 4.13. The summed E-state index contributed by atoms with van der Waals surface area (Å²) in [5.41, 5.74) is 0.527. The Kier molecular flexibility index (Phi) is 6.67. The molecule has 0 spiro atoms. The zero-order valence-corrected chi connectivity index (χ0v) is 14.7. The van der Waals surface area contributed by atoms with Crippen molar-refractivity contribution in [2.45, 2.75) is 71.0 Å². The van der Waals surface area contributed by atoms with Crippen LogP contribution in [0.5, 0.6) is 0 Å². The van der Waals surface area contributed by atoms with Crippen LogP contribution in [0.4, 0.5) is 0 Å². The van der Waals surface area contributed by atoms with E-state index in [4.69, 9.17) is 9.53 Å². The molecule has 0 aliphatic heterocycles. The van der Waals surface area contributed by atoms with Gasteiger partial charge < -0.3 is 9.53 Å². The third kappa shape index (κ3) is 3.95. The van der Waals surface area contributed by atoms with Gasteiger partial charge in [0.15, 0.2) is 0 Å². The largest absolute Gasteiger partial charge is 0.515 e. The third-order valence-corrected chi connectivity index (χ3v) is 10.7.